The van der Waals surface area contributed by atoms with Gasteiger partial charge < -0.3 is 4.74 Å². The lowest BCUT2D eigenvalue weighted by molar-refractivity contribution is 0.0533. The molecule has 0 spiro atoms. The van der Waals surface area contributed by atoms with Crippen LogP contribution >= 0.6 is 11.6 Å². The van der Waals surface area contributed by atoms with Gasteiger partial charge in [-0.3, -0.25) is 0 Å². The minimum absolute atomic E-state index is 0.00106. The molecule has 1 nitrogen and oxygen atoms in total. The Morgan fingerprint density at radius 1 is 1.29 bits per heavy atom. The number of halogens is 1. The molecular weight excluding hydrogens is 196 g/mol. The van der Waals surface area contributed by atoms with Crippen LogP contribution in [0.5, 0.6) is 0 Å². The Morgan fingerprint density at radius 3 is 2.57 bits per heavy atom. The molecule has 2 heteroatoms. The quantitative estimate of drug-likeness (QED) is 0.679. The van der Waals surface area contributed by atoms with Crippen LogP contribution in [0.4, 0.5) is 0 Å². The van der Waals surface area contributed by atoms with E-state index in [1.807, 2.05) is 18.2 Å². The molecule has 3 atom stereocenters. The first-order valence-corrected chi connectivity index (χ1v) is 5.55. The summed E-state index contributed by atoms with van der Waals surface area (Å²) in [5, 5.41) is 0.00106. The van der Waals surface area contributed by atoms with Crippen molar-refractivity contribution in [3.05, 3.63) is 35.9 Å². The highest BCUT2D eigenvalue weighted by molar-refractivity contribution is 6.21. The van der Waals surface area contributed by atoms with Crippen molar-refractivity contribution in [1.82, 2.24) is 0 Å². The van der Waals surface area contributed by atoms with E-state index in [1.165, 1.54) is 0 Å². The molecule has 76 valence electrons. The number of benzene rings is 1. The second kappa shape index (κ2) is 4.33. The van der Waals surface area contributed by atoms with Gasteiger partial charge in [-0.2, -0.15) is 0 Å². The zero-order valence-electron chi connectivity index (χ0n) is 8.32. The molecule has 0 aromatic heterocycles. The molecule has 0 radical (unpaired) electrons. The molecule has 0 amide bonds. The third kappa shape index (κ3) is 2.10. The predicted octanol–water partition coefficient (Wildman–Crippen LogP) is 3.53. The Hall–Kier alpha value is -0.530. The highest BCUT2D eigenvalue weighted by atomic mass is 35.5. The van der Waals surface area contributed by atoms with Crippen LogP contribution in [-0.2, 0) is 4.74 Å². The third-order valence-corrected chi connectivity index (χ3v) is 3.24. The molecule has 0 saturated carbocycles. The summed E-state index contributed by atoms with van der Waals surface area (Å²) in [7, 11) is 0. The summed E-state index contributed by atoms with van der Waals surface area (Å²) in [6, 6.07) is 10.2. The monoisotopic (exact) mass is 210 g/mol. The van der Waals surface area contributed by atoms with Crippen molar-refractivity contribution in [2.75, 3.05) is 0 Å². The van der Waals surface area contributed by atoms with E-state index in [9.17, 15) is 0 Å². The maximum Gasteiger partial charge on any atom is 0.0847 e. The van der Waals surface area contributed by atoms with Crippen molar-refractivity contribution >= 4 is 11.6 Å². The average Bonchev–Trinajstić information content (AvgIpc) is 2.65. The molecule has 2 rings (SSSR count). The largest absolute Gasteiger partial charge is 0.373 e. The highest BCUT2D eigenvalue weighted by Gasteiger charge is 2.28. The van der Waals surface area contributed by atoms with Crippen LogP contribution in [0.15, 0.2) is 30.3 Å². The first-order chi connectivity index (χ1) is 6.77. The molecule has 1 aliphatic rings. The van der Waals surface area contributed by atoms with Gasteiger partial charge in [-0.15, -0.1) is 11.6 Å². The van der Waals surface area contributed by atoms with Crippen molar-refractivity contribution < 1.29 is 4.74 Å². The van der Waals surface area contributed by atoms with Gasteiger partial charge in [0.15, 0.2) is 0 Å². The fourth-order valence-electron chi connectivity index (χ4n) is 1.90. The number of alkyl halides is 1. The van der Waals surface area contributed by atoms with Crippen LogP contribution < -0.4 is 0 Å². The van der Waals surface area contributed by atoms with Gasteiger partial charge in [0, 0.05) is 0 Å². The number of hydrogen-bond donors (Lipinski definition) is 0. The summed E-state index contributed by atoms with van der Waals surface area (Å²) in [6.07, 6.45) is 2.75. The van der Waals surface area contributed by atoms with Gasteiger partial charge in [0.25, 0.3) is 0 Å². The standard InChI is InChI=1S/C12H15ClO/c1-9-7-8-11(14-9)12(13)10-5-3-2-4-6-10/h2-6,9,11-12H,7-8H2,1H3. The molecule has 1 saturated heterocycles. The van der Waals surface area contributed by atoms with E-state index >= 15 is 0 Å². The van der Waals surface area contributed by atoms with Crippen molar-refractivity contribution in [2.24, 2.45) is 0 Å². The van der Waals surface area contributed by atoms with Crippen LogP contribution in [0, 0.1) is 0 Å². The normalized spacial score (nSPS) is 29.0. The molecule has 1 heterocycles. The van der Waals surface area contributed by atoms with E-state index in [2.05, 4.69) is 19.1 Å². The van der Waals surface area contributed by atoms with Gasteiger partial charge in [-0.05, 0) is 25.3 Å². The molecular formula is C12H15ClO. The number of ether oxygens (including phenoxy) is 1. The third-order valence-electron chi connectivity index (χ3n) is 2.71. The Labute approximate surface area is 90.0 Å². The van der Waals surface area contributed by atoms with E-state index in [4.69, 9.17) is 16.3 Å². The van der Waals surface area contributed by atoms with Crippen molar-refractivity contribution in [3.8, 4) is 0 Å². The predicted molar refractivity (Wildman–Crippen MR) is 58.6 cm³/mol. The van der Waals surface area contributed by atoms with Gasteiger partial charge >= 0.3 is 0 Å². The summed E-state index contributed by atoms with van der Waals surface area (Å²) < 4.78 is 5.75. The lowest BCUT2D eigenvalue weighted by Gasteiger charge is -2.17. The topological polar surface area (TPSA) is 9.23 Å². The SMILES string of the molecule is CC1CCC(C(Cl)c2ccccc2)O1. The van der Waals surface area contributed by atoms with Gasteiger partial charge in [0.05, 0.1) is 17.6 Å². The van der Waals surface area contributed by atoms with Gasteiger partial charge in [0.2, 0.25) is 0 Å². The molecule has 1 aliphatic heterocycles. The van der Waals surface area contributed by atoms with E-state index in [-0.39, 0.29) is 11.5 Å². The molecule has 1 aromatic carbocycles. The second-order valence-electron chi connectivity index (χ2n) is 3.87. The number of hydrogen-bond acceptors (Lipinski definition) is 1. The molecule has 1 fully saturated rings. The van der Waals surface area contributed by atoms with Crippen LogP contribution in [0.2, 0.25) is 0 Å². The summed E-state index contributed by atoms with van der Waals surface area (Å²) in [5.41, 5.74) is 1.16. The van der Waals surface area contributed by atoms with Gasteiger partial charge in [0.1, 0.15) is 0 Å². The zero-order chi connectivity index (χ0) is 9.97. The first-order valence-electron chi connectivity index (χ1n) is 5.12. The van der Waals surface area contributed by atoms with Gasteiger partial charge in [-0.25, -0.2) is 0 Å². The maximum absolute atomic E-state index is 6.35. The average molecular weight is 211 g/mol. The van der Waals surface area contributed by atoms with Crippen LogP contribution in [0.1, 0.15) is 30.7 Å². The lowest BCUT2D eigenvalue weighted by atomic mass is 10.1. The Kier molecular flexibility index (Phi) is 3.09. The van der Waals surface area contributed by atoms with Crippen molar-refractivity contribution in [1.29, 1.82) is 0 Å². The minimum Gasteiger partial charge on any atom is -0.373 e. The first kappa shape index (κ1) is 10.0. The Balaban J connectivity index is 2.05. The van der Waals surface area contributed by atoms with Crippen molar-refractivity contribution in [2.45, 2.75) is 37.4 Å². The second-order valence-corrected chi connectivity index (χ2v) is 4.35. The van der Waals surface area contributed by atoms with E-state index in [1.54, 1.807) is 0 Å². The Bertz CT molecular complexity index is 286. The smallest absolute Gasteiger partial charge is 0.0847 e. The molecule has 0 bridgehead atoms. The van der Waals surface area contributed by atoms with Gasteiger partial charge in [-0.1, -0.05) is 30.3 Å². The maximum atomic E-state index is 6.35. The van der Waals surface area contributed by atoms with Crippen LogP contribution in [0.3, 0.4) is 0 Å². The summed E-state index contributed by atoms with van der Waals surface area (Å²) in [6.45, 7) is 2.11. The van der Waals surface area contributed by atoms with E-state index < -0.39 is 0 Å². The molecule has 14 heavy (non-hydrogen) atoms. The van der Waals surface area contributed by atoms with Crippen LogP contribution in [-0.4, -0.2) is 12.2 Å². The summed E-state index contributed by atoms with van der Waals surface area (Å²) in [4.78, 5) is 0. The van der Waals surface area contributed by atoms with Crippen LogP contribution in [0.25, 0.3) is 0 Å². The lowest BCUT2D eigenvalue weighted by Crippen LogP contribution is -2.14. The number of rotatable bonds is 2. The van der Waals surface area contributed by atoms with E-state index in [0.717, 1.165) is 18.4 Å². The fraction of sp³-hybridized carbons (Fsp3) is 0.500. The summed E-state index contributed by atoms with van der Waals surface area (Å²) >= 11 is 6.35. The molecule has 1 aromatic rings. The zero-order valence-corrected chi connectivity index (χ0v) is 9.08. The van der Waals surface area contributed by atoms with E-state index in [0.29, 0.717) is 6.10 Å². The van der Waals surface area contributed by atoms with Crippen molar-refractivity contribution in [3.63, 3.8) is 0 Å². The minimum atomic E-state index is 0.00106. The summed E-state index contributed by atoms with van der Waals surface area (Å²) in [5.74, 6) is 0. The highest BCUT2D eigenvalue weighted by Crippen LogP contribution is 2.34. The molecule has 3 unspecified atom stereocenters. The molecule has 0 N–H and O–H groups in total. The fourth-order valence-corrected chi connectivity index (χ4v) is 2.23. The molecule has 0 aliphatic carbocycles. The Morgan fingerprint density at radius 2 is 2.00 bits per heavy atom.